The van der Waals surface area contributed by atoms with E-state index in [1.54, 1.807) is 11.8 Å². The van der Waals surface area contributed by atoms with Crippen LogP contribution in [0, 0.1) is 0 Å². The van der Waals surface area contributed by atoms with Crippen LogP contribution in [-0.2, 0) is 20.7 Å². The van der Waals surface area contributed by atoms with Crippen molar-refractivity contribution >= 4 is 29.3 Å². The molecule has 0 bridgehead atoms. The third-order valence-electron chi connectivity index (χ3n) is 4.88. The molecule has 0 aromatic heterocycles. The number of carbonyl (C=O) groups is 2. The normalized spacial score (nSPS) is 15.6. The summed E-state index contributed by atoms with van der Waals surface area (Å²) >= 11 is 1.75. The quantitative estimate of drug-likeness (QED) is 0.729. The molecule has 6 heteroatoms. The predicted octanol–water partition coefficient (Wildman–Crippen LogP) is 3.65. The molecule has 2 N–H and O–H groups in total. The zero-order valence-corrected chi connectivity index (χ0v) is 16.9. The molecular formula is C22H26N2O3S. The van der Waals surface area contributed by atoms with E-state index in [0.29, 0.717) is 25.4 Å². The molecule has 2 amide bonds. The van der Waals surface area contributed by atoms with Crippen LogP contribution < -0.4 is 10.6 Å². The molecule has 0 radical (unpaired) electrons. The highest BCUT2D eigenvalue weighted by molar-refractivity contribution is 8.00. The fourth-order valence-corrected chi connectivity index (χ4v) is 4.44. The van der Waals surface area contributed by atoms with Gasteiger partial charge < -0.3 is 15.4 Å². The molecule has 0 unspecified atom stereocenters. The van der Waals surface area contributed by atoms with Crippen molar-refractivity contribution in [2.75, 3.05) is 25.1 Å². The molecule has 1 saturated heterocycles. The van der Waals surface area contributed by atoms with Crippen molar-refractivity contribution in [1.82, 2.24) is 5.32 Å². The second-order valence-electron chi connectivity index (χ2n) is 6.90. The Morgan fingerprint density at radius 2 is 1.68 bits per heavy atom. The lowest BCUT2D eigenvalue weighted by Crippen LogP contribution is -2.47. The minimum atomic E-state index is -0.642. The van der Waals surface area contributed by atoms with Gasteiger partial charge in [0.2, 0.25) is 0 Å². The Bertz CT molecular complexity index is 787. The first-order valence-electron chi connectivity index (χ1n) is 9.60. The van der Waals surface area contributed by atoms with E-state index < -0.39 is 11.8 Å². The summed E-state index contributed by atoms with van der Waals surface area (Å²) in [5.41, 5.74) is 1.80. The van der Waals surface area contributed by atoms with E-state index in [2.05, 4.69) is 29.7 Å². The average Bonchev–Trinajstić information content (AvgIpc) is 2.74. The summed E-state index contributed by atoms with van der Waals surface area (Å²) in [6, 6.07) is 17.6. The fourth-order valence-electron chi connectivity index (χ4n) is 3.13. The molecule has 1 fully saturated rings. The molecular weight excluding hydrogens is 372 g/mol. The Balaban J connectivity index is 1.58. The van der Waals surface area contributed by atoms with Crippen molar-refractivity contribution in [3.63, 3.8) is 0 Å². The highest BCUT2D eigenvalue weighted by atomic mass is 32.2. The van der Waals surface area contributed by atoms with Gasteiger partial charge in [0.05, 0.1) is 0 Å². The highest BCUT2D eigenvalue weighted by Gasteiger charge is 2.34. The van der Waals surface area contributed by atoms with Crippen LogP contribution in [0.3, 0.4) is 0 Å². The molecule has 1 aliphatic rings. The largest absolute Gasteiger partial charge is 0.381 e. The van der Waals surface area contributed by atoms with Gasteiger partial charge in [-0.3, -0.25) is 9.59 Å². The summed E-state index contributed by atoms with van der Waals surface area (Å²) < 4.78 is 5.34. The second kappa shape index (κ2) is 9.75. The maximum atomic E-state index is 12.3. The number of hydrogen-bond donors (Lipinski definition) is 2. The number of hydrogen-bond acceptors (Lipinski definition) is 4. The standard InChI is InChI=1S/C22H26N2O3S/c1-2-17-8-10-18(11-9-17)24-21(26)20(25)23-16-22(12-14-27-15-13-22)28-19-6-4-3-5-7-19/h3-11H,2,12-16H2,1H3,(H,23,25)(H,24,26). The molecule has 5 nitrogen and oxygen atoms in total. The van der Waals surface area contributed by atoms with Crippen LogP contribution in [-0.4, -0.2) is 36.3 Å². The molecule has 2 aromatic rings. The lowest BCUT2D eigenvalue weighted by atomic mass is 9.99. The number of ether oxygens (including phenoxy) is 1. The van der Waals surface area contributed by atoms with Gasteiger partial charge >= 0.3 is 11.8 Å². The summed E-state index contributed by atoms with van der Waals surface area (Å²) in [6.45, 7) is 3.81. The van der Waals surface area contributed by atoms with E-state index in [4.69, 9.17) is 4.74 Å². The van der Waals surface area contributed by atoms with Crippen molar-refractivity contribution in [3.05, 3.63) is 60.2 Å². The van der Waals surface area contributed by atoms with E-state index in [9.17, 15) is 9.59 Å². The number of rotatable bonds is 6. The van der Waals surface area contributed by atoms with Crippen molar-refractivity contribution in [2.24, 2.45) is 0 Å². The molecule has 0 aliphatic carbocycles. The summed E-state index contributed by atoms with van der Waals surface area (Å²) in [5.74, 6) is -1.25. The Kier molecular flexibility index (Phi) is 7.12. The molecule has 0 saturated carbocycles. The molecule has 0 spiro atoms. The van der Waals surface area contributed by atoms with Crippen LogP contribution in [0.5, 0.6) is 0 Å². The van der Waals surface area contributed by atoms with Gasteiger partial charge in [-0.2, -0.15) is 0 Å². The Morgan fingerprint density at radius 1 is 1.00 bits per heavy atom. The Morgan fingerprint density at radius 3 is 2.32 bits per heavy atom. The monoisotopic (exact) mass is 398 g/mol. The number of aryl methyl sites for hydroxylation is 1. The fraction of sp³-hybridized carbons (Fsp3) is 0.364. The second-order valence-corrected chi connectivity index (χ2v) is 8.44. The molecule has 148 valence electrons. The predicted molar refractivity (Wildman–Crippen MR) is 113 cm³/mol. The smallest absolute Gasteiger partial charge is 0.313 e. The van der Waals surface area contributed by atoms with Crippen LogP contribution in [0.1, 0.15) is 25.3 Å². The number of carbonyl (C=O) groups excluding carboxylic acids is 2. The molecule has 1 heterocycles. The van der Waals surface area contributed by atoms with Gasteiger partial charge in [0, 0.05) is 35.1 Å². The summed E-state index contributed by atoms with van der Waals surface area (Å²) in [6.07, 6.45) is 2.58. The van der Waals surface area contributed by atoms with Crippen LogP contribution in [0.4, 0.5) is 5.69 Å². The zero-order chi connectivity index (χ0) is 19.8. The average molecular weight is 399 g/mol. The zero-order valence-electron chi connectivity index (χ0n) is 16.1. The van der Waals surface area contributed by atoms with Gasteiger partial charge in [-0.15, -0.1) is 11.8 Å². The van der Waals surface area contributed by atoms with Crippen molar-refractivity contribution in [2.45, 2.75) is 35.8 Å². The minimum absolute atomic E-state index is 0.168. The number of amides is 2. The lowest BCUT2D eigenvalue weighted by Gasteiger charge is -2.36. The number of thioether (sulfide) groups is 1. The van der Waals surface area contributed by atoms with Gasteiger partial charge in [-0.1, -0.05) is 37.3 Å². The highest BCUT2D eigenvalue weighted by Crippen LogP contribution is 2.40. The SMILES string of the molecule is CCc1ccc(NC(=O)C(=O)NCC2(Sc3ccccc3)CCOCC2)cc1. The van der Waals surface area contributed by atoms with Crippen LogP contribution in [0.2, 0.25) is 0 Å². The van der Waals surface area contributed by atoms with Gasteiger partial charge in [0.1, 0.15) is 0 Å². The third kappa shape index (κ3) is 5.59. The van der Waals surface area contributed by atoms with E-state index in [1.807, 2.05) is 42.5 Å². The Hall–Kier alpha value is -2.31. The van der Waals surface area contributed by atoms with Crippen LogP contribution >= 0.6 is 11.8 Å². The molecule has 0 atom stereocenters. The maximum Gasteiger partial charge on any atom is 0.313 e. The number of anilines is 1. The van der Waals surface area contributed by atoms with Gasteiger partial charge in [0.15, 0.2) is 0 Å². The Labute approximate surface area is 170 Å². The first-order valence-corrected chi connectivity index (χ1v) is 10.4. The topological polar surface area (TPSA) is 67.4 Å². The molecule has 3 rings (SSSR count). The maximum absolute atomic E-state index is 12.3. The van der Waals surface area contributed by atoms with Gasteiger partial charge in [-0.25, -0.2) is 0 Å². The van der Waals surface area contributed by atoms with Crippen LogP contribution in [0.15, 0.2) is 59.5 Å². The third-order valence-corrected chi connectivity index (χ3v) is 6.37. The summed E-state index contributed by atoms with van der Waals surface area (Å²) in [7, 11) is 0. The van der Waals surface area contributed by atoms with Gasteiger partial charge in [-0.05, 0) is 49.1 Å². The number of nitrogens with one attached hydrogen (secondary N) is 2. The summed E-state index contributed by atoms with van der Waals surface area (Å²) in [5, 5.41) is 5.49. The number of benzene rings is 2. The van der Waals surface area contributed by atoms with E-state index >= 15 is 0 Å². The van der Waals surface area contributed by atoms with E-state index in [1.165, 1.54) is 5.56 Å². The molecule has 2 aromatic carbocycles. The van der Waals surface area contributed by atoms with Crippen molar-refractivity contribution in [3.8, 4) is 0 Å². The molecule has 28 heavy (non-hydrogen) atoms. The summed E-state index contributed by atoms with van der Waals surface area (Å²) in [4.78, 5) is 25.7. The van der Waals surface area contributed by atoms with Crippen LogP contribution in [0.25, 0.3) is 0 Å². The van der Waals surface area contributed by atoms with E-state index in [-0.39, 0.29) is 4.75 Å². The first kappa shape index (κ1) is 20.4. The van der Waals surface area contributed by atoms with Crippen molar-refractivity contribution in [1.29, 1.82) is 0 Å². The van der Waals surface area contributed by atoms with E-state index in [0.717, 1.165) is 24.2 Å². The lowest BCUT2D eigenvalue weighted by molar-refractivity contribution is -0.136. The van der Waals surface area contributed by atoms with Gasteiger partial charge in [0.25, 0.3) is 0 Å². The minimum Gasteiger partial charge on any atom is -0.381 e. The first-order chi connectivity index (χ1) is 13.6. The molecule has 1 aliphatic heterocycles. The van der Waals surface area contributed by atoms with Crippen molar-refractivity contribution < 1.29 is 14.3 Å².